The average molecular weight is 465 g/mol. The van der Waals surface area contributed by atoms with Gasteiger partial charge < -0.3 is 9.16 Å². The van der Waals surface area contributed by atoms with E-state index in [2.05, 4.69) is 59.0 Å². The van der Waals surface area contributed by atoms with Crippen molar-refractivity contribution in [2.24, 2.45) is 5.92 Å². The van der Waals surface area contributed by atoms with Crippen molar-refractivity contribution in [1.29, 1.82) is 0 Å². The Morgan fingerprint density at radius 3 is 2.34 bits per heavy atom. The lowest BCUT2D eigenvalue weighted by Crippen LogP contribution is -2.44. The lowest BCUT2D eigenvalue weighted by molar-refractivity contribution is -0.140. The molecular formula is C27H48O4Si. The zero-order valence-electron chi connectivity index (χ0n) is 21.8. The molecule has 0 saturated heterocycles. The van der Waals surface area contributed by atoms with Gasteiger partial charge in [0.2, 0.25) is 0 Å². The molecule has 0 aromatic rings. The maximum atomic E-state index is 12.9. The summed E-state index contributed by atoms with van der Waals surface area (Å²) in [5.41, 5.74) is 0.937. The topological polar surface area (TPSA) is 52.6 Å². The summed E-state index contributed by atoms with van der Waals surface area (Å²) in [5, 5.41) is 0.122. The van der Waals surface area contributed by atoms with Crippen LogP contribution >= 0.6 is 0 Å². The van der Waals surface area contributed by atoms with Gasteiger partial charge in [-0.15, -0.1) is 0 Å². The fourth-order valence-corrected chi connectivity index (χ4v) is 5.18. The van der Waals surface area contributed by atoms with Crippen LogP contribution in [0.3, 0.4) is 0 Å². The van der Waals surface area contributed by atoms with Crippen molar-refractivity contribution in [3.8, 4) is 0 Å². The molecule has 1 aliphatic carbocycles. The quantitative estimate of drug-likeness (QED) is 0.0875. The van der Waals surface area contributed by atoms with Crippen LogP contribution in [-0.2, 0) is 18.8 Å². The van der Waals surface area contributed by atoms with Gasteiger partial charge in [0.15, 0.2) is 14.1 Å². The Balaban J connectivity index is 2.82. The molecule has 0 spiro atoms. The van der Waals surface area contributed by atoms with Crippen LogP contribution in [0.15, 0.2) is 23.8 Å². The Morgan fingerprint density at radius 2 is 1.72 bits per heavy atom. The number of ether oxygens (including phenoxy) is 1. The van der Waals surface area contributed by atoms with E-state index in [1.54, 1.807) is 0 Å². The number of rotatable bonds is 14. The molecule has 184 valence electrons. The number of methoxy groups -OCH3 is 1. The van der Waals surface area contributed by atoms with Crippen molar-refractivity contribution in [3.63, 3.8) is 0 Å². The van der Waals surface area contributed by atoms with Crippen LogP contribution in [0.2, 0.25) is 18.1 Å². The second kappa shape index (κ2) is 14.1. The minimum absolute atomic E-state index is 0.0409. The number of unbranched alkanes of at least 4 members (excludes halogenated alkanes) is 7. The first-order chi connectivity index (χ1) is 15.0. The number of esters is 1. The number of carbonyl (C=O) groups is 2. The zero-order chi connectivity index (χ0) is 24.2. The van der Waals surface area contributed by atoms with Gasteiger partial charge in [0, 0.05) is 24.3 Å². The van der Waals surface area contributed by atoms with E-state index in [1.807, 2.05) is 0 Å². The van der Waals surface area contributed by atoms with E-state index in [4.69, 9.17) is 9.16 Å². The molecule has 0 aromatic carbocycles. The van der Waals surface area contributed by atoms with Crippen LogP contribution in [-0.4, -0.2) is 33.3 Å². The number of ketones is 1. The molecule has 1 aliphatic rings. The lowest BCUT2D eigenvalue weighted by atomic mass is 9.97. The molecule has 0 N–H and O–H groups in total. The SMILES string of the molecule is CCCCCC/C=C/[C@@H]1/C(=C\CCCCCC(=O)OC)C(=O)C[C@H]1O[Si](C)(C)C(C)(C)C. The van der Waals surface area contributed by atoms with Gasteiger partial charge in [0.05, 0.1) is 13.2 Å². The van der Waals surface area contributed by atoms with Crippen LogP contribution in [0.25, 0.3) is 0 Å². The highest BCUT2D eigenvalue weighted by Crippen LogP contribution is 2.42. The largest absolute Gasteiger partial charge is 0.469 e. The van der Waals surface area contributed by atoms with Crippen LogP contribution in [0.5, 0.6) is 0 Å². The first-order valence-electron chi connectivity index (χ1n) is 12.7. The summed E-state index contributed by atoms with van der Waals surface area (Å²) in [7, 11) is -0.528. The first-order valence-corrected chi connectivity index (χ1v) is 15.6. The highest BCUT2D eigenvalue weighted by Gasteiger charge is 2.44. The summed E-state index contributed by atoms with van der Waals surface area (Å²) in [6, 6.07) is 0. The highest BCUT2D eigenvalue weighted by molar-refractivity contribution is 6.74. The van der Waals surface area contributed by atoms with Gasteiger partial charge in [-0.05, 0) is 50.2 Å². The van der Waals surface area contributed by atoms with Crippen LogP contribution in [0, 0.1) is 5.92 Å². The highest BCUT2D eigenvalue weighted by atomic mass is 28.4. The second-order valence-electron chi connectivity index (χ2n) is 10.7. The van der Waals surface area contributed by atoms with Gasteiger partial charge in [-0.1, -0.05) is 71.6 Å². The number of carbonyl (C=O) groups excluding carboxylic acids is 2. The number of Topliss-reactive ketones (excluding diaryl/α,β-unsaturated/α-hetero) is 1. The smallest absolute Gasteiger partial charge is 0.305 e. The Bertz CT molecular complexity index is 643. The maximum Gasteiger partial charge on any atom is 0.305 e. The standard InChI is InChI=1S/C27H48O4Si/c1-8-9-10-11-12-16-19-23-22(18-15-13-14-17-20-26(29)30-5)24(28)21-25(23)31-32(6,7)27(2,3)4/h16,18-19,23,25H,8-15,17,20-21H2,1-7H3/b19-16+,22-18+/t23-,25-/m1/s1. The van der Waals surface area contributed by atoms with E-state index >= 15 is 0 Å². The monoisotopic (exact) mass is 464 g/mol. The number of hydrogen-bond donors (Lipinski definition) is 0. The van der Waals surface area contributed by atoms with Crippen LogP contribution in [0.1, 0.15) is 98.3 Å². The van der Waals surface area contributed by atoms with Gasteiger partial charge in [0.25, 0.3) is 0 Å². The van der Waals surface area contributed by atoms with E-state index in [0.29, 0.717) is 12.8 Å². The third-order valence-electron chi connectivity index (χ3n) is 6.97. The molecule has 2 atom stereocenters. The van der Waals surface area contributed by atoms with Gasteiger partial charge in [-0.2, -0.15) is 0 Å². The second-order valence-corrected chi connectivity index (χ2v) is 15.4. The molecule has 0 amide bonds. The third-order valence-corrected chi connectivity index (χ3v) is 11.5. The molecule has 0 heterocycles. The molecule has 0 bridgehead atoms. The van der Waals surface area contributed by atoms with Crippen molar-refractivity contribution >= 4 is 20.1 Å². The van der Waals surface area contributed by atoms with Gasteiger partial charge in [-0.25, -0.2) is 0 Å². The molecule has 0 unspecified atom stereocenters. The van der Waals surface area contributed by atoms with Crippen molar-refractivity contribution in [3.05, 3.63) is 23.8 Å². The summed E-state index contributed by atoms with van der Waals surface area (Å²) in [5.74, 6) is 0.158. The molecule has 0 aromatic heterocycles. The van der Waals surface area contributed by atoms with E-state index in [9.17, 15) is 9.59 Å². The van der Waals surface area contributed by atoms with Crippen molar-refractivity contribution < 1.29 is 18.8 Å². The van der Waals surface area contributed by atoms with E-state index < -0.39 is 8.32 Å². The lowest BCUT2D eigenvalue weighted by Gasteiger charge is -2.39. The molecule has 0 radical (unpaired) electrons. The van der Waals surface area contributed by atoms with Gasteiger partial charge in [0.1, 0.15) is 0 Å². The maximum absolute atomic E-state index is 12.9. The van der Waals surface area contributed by atoms with E-state index in [-0.39, 0.29) is 28.8 Å². The normalized spacial score (nSPS) is 21.1. The molecule has 0 aliphatic heterocycles. The fraction of sp³-hybridized carbons (Fsp3) is 0.778. The Labute approximate surface area is 198 Å². The molecule has 32 heavy (non-hydrogen) atoms. The fourth-order valence-electron chi connectivity index (χ4n) is 3.84. The van der Waals surface area contributed by atoms with Crippen LogP contribution < -0.4 is 0 Å². The molecule has 5 heteroatoms. The van der Waals surface area contributed by atoms with Gasteiger partial charge in [-0.3, -0.25) is 9.59 Å². The zero-order valence-corrected chi connectivity index (χ0v) is 22.8. The summed E-state index contributed by atoms with van der Waals surface area (Å²) >= 11 is 0. The van der Waals surface area contributed by atoms with Crippen LogP contribution in [0.4, 0.5) is 0 Å². The van der Waals surface area contributed by atoms with Crippen molar-refractivity contribution in [2.45, 2.75) is 123 Å². The summed E-state index contributed by atoms with van der Waals surface area (Å²) < 4.78 is 11.4. The van der Waals surface area contributed by atoms with Gasteiger partial charge >= 0.3 is 5.97 Å². The Hall–Kier alpha value is -1.20. The van der Waals surface area contributed by atoms with Crippen molar-refractivity contribution in [1.82, 2.24) is 0 Å². The Kier molecular flexibility index (Phi) is 12.7. The predicted molar refractivity (Wildman–Crippen MR) is 136 cm³/mol. The summed E-state index contributed by atoms with van der Waals surface area (Å²) in [6.07, 6.45) is 17.3. The molecule has 1 rings (SSSR count). The van der Waals surface area contributed by atoms with Crippen molar-refractivity contribution in [2.75, 3.05) is 7.11 Å². The summed E-state index contributed by atoms with van der Waals surface area (Å²) in [6.45, 7) is 13.5. The Morgan fingerprint density at radius 1 is 1.06 bits per heavy atom. The molecule has 1 saturated carbocycles. The average Bonchev–Trinajstić information content (AvgIpc) is 2.99. The first kappa shape index (κ1) is 28.8. The predicted octanol–water partition coefficient (Wildman–Crippen LogP) is 7.54. The van der Waals surface area contributed by atoms with E-state index in [0.717, 1.165) is 37.7 Å². The molecular weight excluding hydrogens is 416 g/mol. The molecule has 1 fully saturated rings. The minimum Gasteiger partial charge on any atom is -0.469 e. The third kappa shape index (κ3) is 9.74. The summed E-state index contributed by atoms with van der Waals surface area (Å²) in [4.78, 5) is 24.2. The van der Waals surface area contributed by atoms with E-state index in [1.165, 1.54) is 32.8 Å². The number of hydrogen-bond acceptors (Lipinski definition) is 4. The molecule has 4 nitrogen and oxygen atoms in total. The minimum atomic E-state index is -1.96. The number of allylic oxidation sites excluding steroid dienone is 2.